The highest BCUT2D eigenvalue weighted by atomic mass is 16.5. The number of nitrogens with one attached hydrogen (secondary N) is 1. The van der Waals surface area contributed by atoms with E-state index in [-0.39, 0.29) is 30.3 Å². The van der Waals surface area contributed by atoms with E-state index in [0.717, 1.165) is 77.9 Å². The van der Waals surface area contributed by atoms with E-state index in [1.807, 2.05) is 13.8 Å². The SMILES string of the molecule is CCCCCCNC(=O)CCC(=O)Oc1c(C)c(C)c2c(c1C)CC[C@@](C)(CCC[C@H](C)CCC[C@H](C)CCCC(C)C)O2. The number of esters is 1. The summed E-state index contributed by atoms with van der Waals surface area (Å²) in [5, 5.41) is 2.92. The van der Waals surface area contributed by atoms with Crippen LogP contribution >= 0.6 is 0 Å². The first-order valence-corrected chi connectivity index (χ1v) is 18.2. The summed E-state index contributed by atoms with van der Waals surface area (Å²) >= 11 is 0. The van der Waals surface area contributed by atoms with Crippen molar-refractivity contribution in [3.05, 3.63) is 22.3 Å². The second-order valence-corrected chi connectivity index (χ2v) is 14.8. The number of hydrogen-bond acceptors (Lipinski definition) is 4. The summed E-state index contributed by atoms with van der Waals surface area (Å²) in [6, 6.07) is 0. The van der Waals surface area contributed by atoms with E-state index in [1.165, 1.54) is 64.2 Å². The fourth-order valence-corrected chi connectivity index (χ4v) is 6.66. The fourth-order valence-electron chi connectivity index (χ4n) is 6.66. The van der Waals surface area contributed by atoms with E-state index in [9.17, 15) is 9.59 Å². The zero-order valence-electron chi connectivity index (χ0n) is 30.1. The number of carbonyl (C=O) groups excluding carboxylic acids is 2. The zero-order chi connectivity index (χ0) is 32.7. The van der Waals surface area contributed by atoms with Crippen LogP contribution in [0.15, 0.2) is 0 Å². The van der Waals surface area contributed by atoms with Gasteiger partial charge >= 0.3 is 5.97 Å². The summed E-state index contributed by atoms with van der Waals surface area (Å²) in [5.41, 5.74) is 4.00. The van der Waals surface area contributed by atoms with Gasteiger partial charge in [-0.05, 0) is 94.2 Å². The Bertz CT molecular complexity index is 1030. The van der Waals surface area contributed by atoms with Crippen LogP contribution < -0.4 is 14.8 Å². The highest BCUT2D eigenvalue weighted by Crippen LogP contribution is 2.45. The predicted molar refractivity (Wildman–Crippen MR) is 185 cm³/mol. The second kappa shape index (κ2) is 19.5. The molecule has 0 aromatic heterocycles. The maximum atomic E-state index is 12.7. The van der Waals surface area contributed by atoms with Crippen LogP contribution in [0.2, 0.25) is 0 Å². The quantitative estimate of drug-likeness (QED) is 0.0851. The molecule has 5 nitrogen and oxygen atoms in total. The number of amides is 1. The zero-order valence-corrected chi connectivity index (χ0v) is 30.1. The molecule has 0 spiro atoms. The third kappa shape index (κ3) is 13.1. The third-order valence-corrected chi connectivity index (χ3v) is 9.96. The Morgan fingerprint density at radius 2 is 1.45 bits per heavy atom. The van der Waals surface area contributed by atoms with Crippen molar-refractivity contribution in [1.29, 1.82) is 0 Å². The molecule has 1 aromatic rings. The van der Waals surface area contributed by atoms with Gasteiger partial charge in [0, 0.05) is 18.5 Å². The lowest BCUT2D eigenvalue weighted by atomic mass is 9.83. The Morgan fingerprint density at radius 3 is 2.09 bits per heavy atom. The molecule has 44 heavy (non-hydrogen) atoms. The molecule has 0 bridgehead atoms. The van der Waals surface area contributed by atoms with Gasteiger partial charge in [-0.1, -0.05) is 98.8 Å². The van der Waals surface area contributed by atoms with Gasteiger partial charge in [0.25, 0.3) is 0 Å². The Hall–Kier alpha value is -2.04. The summed E-state index contributed by atoms with van der Waals surface area (Å²) in [6.07, 6.45) is 18.3. The number of rotatable bonds is 21. The van der Waals surface area contributed by atoms with E-state index in [1.54, 1.807) is 0 Å². The number of ether oxygens (including phenoxy) is 2. The van der Waals surface area contributed by atoms with Crippen molar-refractivity contribution >= 4 is 11.9 Å². The first-order chi connectivity index (χ1) is 20.9. The molecule has 2 rings (SSSR count). The summed E-state index contributed by atoms with van der Waals surface area (Å²) in [4.78, 5) is 24.9. The molecule has 5 heteroatoms. The van der Waals surface area contributed by atoms with Gasteiger partial charge in [0.1, 0.15) is 17.1 Å². The minimum Gasteiger partial charge on any atom is -0.487 e. The number of benzene rings is 1. The van der Waals surface area contributed by atoms with Crippen molar-refractivity contribution in [3.63, 3.8) is 0 Å². The number of hydrogen-bond donors (Lipinski definition) is 1. The van der Waals surface area contributed by atoms with Crippen LogP contribution in [0.25, 0.3) is 0 Å². The summed E-state index contributed by atoms with van der Waals surface area (Å²) in [7, 11) is 0. The lowest BCUT2D eigenvalue weighted by Crippen LogP contribution is -2.37. The Labute approximate surface area is 271 Å². The van der Waals surface area contributed by atoms with Crippen molar-refractivity contribution in [3.8, 4) is 11.5 Å². The fraction of sp³-hybridized carbons (Fsp3) is 0.795. The largest absolute Gasteiger partial charge is 0.487 e. The minimum absolute atomic E-state index is 0.0835. The number of fused-ring (bicyclic) bond motifs is 1. The van der Waals surface area contributed by atoms with Gasteiger partial charge in [-0.25, -0.2) is 0 Å². The number of carbonyl (C=O) groups is 2. The van der Waals surface area contributed by atoms with Gasteiger partial charge in [-0.15, -0.1) is 0 Å². The molecule has 1 amide bonds. The van der Waals surface area contributed by atoms with Crippen LogP contribution in [0.3, 0.4) is 0 Å². The maximum absolute atomic E-state index is 12.7. The van der Waals surface area contributed by atoms with Gasteiger partial charge in [-0.2, -0.15) is 0 Å². The Morgan fingerprint density at radius 1 is 0.818 bits per heavy atom. The monoisotopic (exact) mass is 614 g/mol. The van der Waals surface area contributed by atoms with Crippen LogP contribution in [-0.4, -0.2) is 24.0 Å². The molecule has 0 radical (unpaired) electrons. The molecule has 0 saturated carbocycles. The standard InChI is InChI=1S/C39H67NO4/c1-10-11-12-13-27-40-35(41)22-23-36(42)43-37-31(6)32(7)38-34(33(37)8)24-26-39(9,44-38)25-16-21-30(5)20-15-19-29(4)18-14-17-28(2)3/h28-30H,10-27H2,1-9H3,(H,40,41)/t29-,30-,39-/m1/s1. The Balaban J connectivity index is 1.83. The second-order valence-electron chi connectivity index (χ2n) is 14.8. The van der Waals surface area contributed by atoms with E-state index in [0.29, 0.717) is 12.3 Å². The summed E-state index contributed by atoms with van der Waals surface area (Å²) in [6.45, 7) is 20.7. The van der Waals surface area contributed by atoms with Gasteiger partial charge in [-0.3, -0.25) is 9.59 Å². The van der Waals surface area contributed by atoms with Gasteiger partial charge in [0.2, 0.25) is 5.91 Å². The number of unbranched alkanes of at least 4 members (excludes halogenated alkanes) is 3. The van der Waals surface area contributed by atoms with E-state index in [2.05, 4.69) is 53.8 Å². The summed E-state index contributed by atoms with van der Waals surface area (Å²) < 4.78 is 12.6. The summed E-state index contributed by atoms with van der Waals surface area (Å²) in [5.74, 6) is 3.62. The Kier molecular flexibility index (Phi) is 16.9. The van der Waals surface area contributed by atoms with Crippen LogP contribution in [0, 0.1) is 38.5 Å². The minimum atomic E-state index is -0.354. The molecule has 1 N–H and O–H groups in total. The normalized spacial score (nSPS) is 17.6. The predicted octanol–water partition coefficient (Wildman–Crippen LogP) is 10.5. The first kappa shape index (κ1) is 38.1. The average Bonchev–Trinajstić information content (AvgIpc) is 2.96. The lowest BCUT2D eigenvalue weighted by molar-refractivity contribution is -0.136. The average molecular weight is 614 g/mol. The van der Waals surface area contributed by atoms with Crippen LogP contribution in [0.5, 0.6) is 11.5 Å². The molecule has 3 atom stereocenters. The molecule has 0 unspecified atom stereocenters. The molecular formula is C39H67NO4. The van der Waals surface area contributed by atoms with Gasteiger partial charge in [0.15, 0.2) is 0 Å². The van der Waals surface area contributed by atoms with E-state index >= 15 is 0 Å². The molecule has 0 fully saturated rings. The molecule has 252 valence electrons. The highest BCUT2D eigenvalue weighted by Gasteiger charge is 2.34. The molecule has 1 aliphatic rings. The topological polar surface area (TPSA) is 64.6 Å². The van der Waals surface area contributed by atoms with Crippen molar-refractivity contribution < 1.29 is 19.1 Å². The van der Waals surface area contributed by atoms with Crippen LogP contribution in [0.1, 0.15) is 167 Å². The lowest BCUT2D eigenvalue weighted by Gasteiger charge is -2.38. The van der Waals surface area contributed by atoms with Crippen molar-refractivity contribution in [2.45, 2.75) is 177 Å². The van der Waals surface area contributed by atoms with Gasteiger partial charge < -0.3 is 14.8 Å². The van der Waals surface area contributed by atoms with E-state index < -0.39 is 0 Å². The van der Waals surface area contributed by atoms with Crippen molar-refractivity contribution in [2.24, 2.45) is 17.8 Å². The van der Waals surface area contributed by atoms with Crippen LogP contribution in [0.4, 0.5) is 0 Å². The molecule has 1 heterocycles. The molecular weight excluding hydrogens is 546 g/mol. The third-order valence-electron chi connectivity index (χ3n) is 9.96. The highest BCUT2D eigenvalue weighted by molar-refractivity contribution is 5.82. The molecule has 1 aromatic carbocycles. The molecule has 0 aliphatic carbocycles. The molecule has 1 aliphatic heterocycles. The van der Waals surface area contributed by atoms with E-state index in [4.69, 9.17) is 9.47 Å². The van der Waals surface area contributed by atoms with Crippen molar-refractivity contribution in [1.82, 2.24) is 5.32 Å². The smallest absolute Gasteiger partial charge is 0.311 e. The van der Waals surface area contributed by atoms with Crippen molar-refractivity contribution in [2.75, 3.05) is 6.54 Å². The van der Waals surface area contributed by atoms with Gasteiger partial charge in [0.05, 0.1) is 6.42 Å². The maximum Gasteiger partial charge on any atom is 0.311 e. The molecule has 0 saturated heterocycles. The van der Waals surface area contributed by atoms with Crippen LogP contribution in [-0.2, 0) is 16.0 Å². The first-order valence-electron chi connectivity index (χ1n) is 18.2.